The number of amides is 1. The number of carbonyl (C=O) groups is 1. The Labute approximate surface area is 278 Å². The zero-order valence-corrected chi connectivity index (χ0v) is 29.1. The molecule has 1 amide bonds. The number of rotatable bonds is 5. The number of nitrogens with one attached hydrogen (secondary N) is 1. The number of allylic oxidation sites excluding steroid dienone is 2. The summed E-state index contributed by atoms with van der Waals surface area (Å²) >= 11 is 6.72. The number of halogens is 2. The van der Waals surface area contributed by atoms with Crippen molar-refractivity contribution in [2.75, 3.05) is 27.8 Å². The topological polar surface area (TPSA) is 58.1 Å². The lowest BCUT2D eigenvalue weighted by Gasteiger charge is -2.21. The second kappa shape index (κ2) is 21.3. The van der Waals surface area contributed by atoms with Crippen LogP contribution in [0.1, 0.15) is 82.6 Å². The van der Waals surface area contributed by atoms with Crippen LogP contribution < -0.4 is 9.62 Å². The number of aromatic nitrogens is 2. The van der Waals surface area contributed by atoms with Crippen molar-refractivity contribution in [2.24, 2.45) is 0 Å². The van der Waals surface area contributed by atoms with Crippen LogP contribution in [0.15, 0.2) is 79.1 Å². The van der Waals surface area contributed by atoms with Crippen molar-refractivity contribution in [1.82, 2.24) is 9.97 Å². The van der Waals surface area contributed by atoms with E-state index >= 15 is 0 Å². The summed E-state index contributed by atoms with van der Waals surface area (Å²) in [5.74, 6) is 0.764. The summed E-state index contributed by atoms with van der Waals surface area (Å²) in [6.45, 7) is 13.2. The highest BCUT2D eigenvalue weighted by Gasteiger charge is 2.17. The average Bonchev–Trinajstić information content (AvgIpc) is 3.33. The van der Waals surface area contributed by atoms with Gasteiger partial charge in [-0.05, 0) is 99.2 Å². The maximum atomic E-state index is 14.9. The fraction of sp³-hybridized carbons (Fsp3) is 0.378. The van der Waals surface area contributed by atoms with Gasteiger partial charge in [-0.3, -0.25) is 9.78 Å². The summed E-state index contributed by atoms with van der Waals surface area (Å²) in [5, 5.41) is 3.81. The Kier molecular flexibility index (Phi) is 17.9. The van der Waals surface area contributed by atoms with E-state index in [1.54, 1.807) is 30.4 Å². The number of pyridine rings is 2. The predicted octanol–water partition coefficient (Wildman–Crippen LogP) is 11.3. The lowest BCUT2D eigenvalue weighted by molar-refractivity contribution is 0.102. The zero-order valence-electron chi connectivity index (χ0n) is 27.6. The molecule has 3 heterocycles. The molecule has 0 saturated carbocycles. The van der Waals surface area contributed by atoms with Gasteiger partial charge in [0.2, 0.25) is 0 Å². The third-order valence-electron chi connectivity index (χ3n) is 6.47. The van der Waals surface area contributed by atoms with Gasteiger partial charge in [-0.2, -0.15) is 0 Å². The molecule has 242 valence electrons. The fourth-order valence-electron chi connectivity index (χ4n) is 4.35. The Balaban J connectivity index is 0.000000560. The first kappa shape index (κ1) is 37.8. The van der Waals surface area contributed by atoms with Crippen LogP contribution in [-0.4, -0.2) is 34.1 Å². The van der Waals surface area contributed by atoms with E-state index in [0.717, 1.165) is 64.4 Å². The van der Waals surface area contributed by atoms with Crippen LogP contribution in [-0.2, 0) is 0 Å². The number of nitrogens with zero attached hydrogens (tertiary/aromatic N) is 3. The molecule has 1 aliphatic rings. The number of alkyl halides is 1. The summed E-state index contributed by atoms with van der Waals surface area (Å²) in [6, 6.07) is 16.3. The van der Waals surface area contributed by atoms with Gasteiger partial charge in [-0.25, -0.2) is 9.37 Å². The molecule has 4 aromatic rings. The second-order valence-electron chi connectivity index (χ2n) is 10.4. The van der Waals surface area contributed by atoms with E-state index in [2.05, 4.69) is 47.5 Å². The fourth-order valence-corrected chi connectivity index (χ4v) is 5.42. The Hall–Kier alpha value is -3.42. The van der Waals surface area contributed by atoms with E-state index < -0.39 is 11.7 Å². The molecule has 2 aromatic carbocycles. The predicted molar refractivity (Wildman–Crippen MR) is 195 cm³/mol. The van der Waals surface area contributed by atoms with Crippen LogP contribution in [0.25, 0.3) is 22.2 Å². The Morgan fingerprint density at radius 1 is 1.04 bits per heavy atom. The molecule has 8 heteroatoms. The van der Waals surface area contributed by atoms with Gasteiger partial charge in [0.25, 0.3) is 5.91 Å². The van der Waals surface area contributed by atoms with Gasteiger partial charge >= 0.3 is 0 Å². The molecule has 0 bridgehead atoms. The molecule has 1 saturated heterocycles. The van der Waals surface area contributed by atoms with Gasteiger partial charge in [0.15, 0.2) is 0 Å². The first-order valence-electron chi connectivity index (χ1n) is 15.8. The number of hydrogen-bond donors (Lipinski definition) is 1. The molecule has 1 N–H and O–H groups in total. The number of hydrogen-bond acceptors (Lipinski definition) is 5. The second-order valence-corrected chi connectivity index (χ2v) is 12.0. The molecule has 0 aliphatic carbocycles. The summed E-state index contributed by atoms with van der Waals surface area (Å²) in [6.07, 6.45) is 13.5. The van der Waals surface area contributed by atoms with Crippen molar-refractivity contribution in [3.63, 3.8) is 0 Å². The molecule has 0 spiro atoms. The van der Waals surface area contributed by atoms with Crippen molar-refractivity contribution in [2.45, 2.75) is 73.6 Å². The van der Waals surface area contributed by atoms with E-state index in [4.69, 9.17) is 16.6 Å². The lowest BCUT2D eigenvalue weighted by Crippen LogP contribution is -2.17. The Morgan fingerprint density at radius 2 is 1.80 bits per heavy atom. The van der Waals surface area contributed by atoms with Crippen molar-refractivity contribution < 1.29 is 9.18 Å². The molecule has 1 aliphatic heterocycles. The van der Waals surface area contributed by atoms with Gasteiger partial charge in [-0.15, -0.1) is 11.6 Å². The highest BCUT2D eigenvalue weighted by atomic mass is 35.5. The minimum absolute atomic E-state index is 0.0297. The summed E-state index contributed by atoms with van der Waals surface area (Å²) in [7, 11) is 0. The maximum absolute atomic E-state index is 14.9. The minimum Gasteiger partial charge on any atom is -0.322 e. The monoisotopic (exact) mass is 650 g/mol. The van der Waals surface area contributed by atoms with Gasteiger partial charge < -0.3 is 9.62 Å². The van der Waals surface area contributed by atoms with E-state index in [9.17, 15) is 9.18 Å². The lowest BCUT2D eigenvalue weighted by atomic mass is 10.0. The number of benzene rings is 2. The largest absolute Gasteiger partial charge is 0.322 e. The third-order valence-corrected chi connectivity index (χ3v) is 7.65. The summed E-state index contributed by atoms with van der Waals surface area (Å²) in [5.41, 5.74) is 5.02. The molecule has 5 nitrogen and oxygen atoms in total. The van der Waals surface area contributed by atoms with Gasteiger partial charge in [0.05, 0.1) is 16.8 Å². The number of aryl methyl sites for hydroxylation is 1. The van der Waals surface area contributed by atoms with Crippen LogP contribution in [0.4, 0.5) is 15.8 Å². The number of anilines is 2. The molecule has 0 atom stereocenters. The van der Waals surface area contributed by atoms with E-state index in [0.29, 0.717) is 5.69 Å². The van der Waals surface area contributed by atoms with E-state index in [-0.39, 0.29) is 5.56 Å². The van der Waals surface area contributed by atoms with Gasteiger partial charge in [-0.1, -0.05) is 58.8 Å². The standard InChI is InChI=1S/C27H25FN4OS.C5H10.C3H8.C2H5Cl/c1-18-5-7-20(15-23(18)26-10-6-19-17-29-12-11-25(19)31-26)30-27(33)22-9-8-21(16-24(22)28)32-13-3-2-4-14-34-32;1-3-5-4-2;1-3-2;1-2-3/h5-12,15-17H,2-4,13-14H2,1H3,(H,30,33);3,5H,4H2,1-2H3;3H2,1-2H3;2H2,1H3/b;5-3-;;. The third kappa shape index (κ3) is 12.5. The van der Waals surface area contributed by atoms with Crippen LogP contribution in [0, 0.1) is 12.7 Å². The highest BCUT2D eigenvalue weighted by molar-refractivity contribution is 8.00. The van der Waals surface area contributed by atoms with Crippen LogP contribution in [0.3, 0.4) is 0 Å². The molecule has 2 aromatic heterocycles. The Morgan fingerprint density at radius 3 is 2.47 bits per heavy atom. The normalized spacial score (nSPS) is 12.6. The SMILES string of the molecule is C/C=C\CC.CCC.CCCl.Cc1ccc(NC(=O)c2ccc(N3CCCCCS3)cc2F)cc1-c1ccc2cnccc2n1. The minimum atomic E-state index is -0.517. The summed E-state index contributed by atoms with van der Waals surface area (Å²) in [4.78, 5) is 21.8. The number of fused-ring (bicyclic) bond motifs is 1. The van der Waals surface area contributed by atoms with Crippen LogP contribution in [0.2, 0.25) is 0 Å². The quantitative estimate of drug-likeness (QED) is 0.132. The van der Waals surface area contributed by atoms with Crippen LogP contribution in [0.5, 0.6) is 0 Å². The van der Waals surface area contributed by atoms with Gasteiger partial charge in [0, 0.05) is 52.9 Å². The first-order valence-corrected chi connectivity index (χ1v) is 17.3. The smallest absolute Gasteiger partial charge is 0.258 e. The molecule has 1 fully saturated rings. The van der Waals surface area contributed by atoms with E-state index in [1.807, 2.05) is 63.2 Å². The molecule has 0 radical (unpaired) electrons. The molecule has 5 rings (SSSR count). The summed E-state index contributed by atoms with van der Waals surface area (Å²) < 4.78 is 17.0. The van der Waals surface area contributed by atoms with Crippen molar-refractivity contribution >= 4 is 51.7 Å². The van der Waals surface area contributed by atoms with Crippen LogP contribution >= 0.6 is 23.5 Å². The molecule has 45 heavy (non-hydrogen) atoms. The number of carbonyl (C=O) groups excluding carboxylic acids is 1. The van der Waals surface area contributed by atoms with Crippen molar-refractivity contribution in [3.05, 3.63) is 96.1 Å². The molecular weight excluding hydrogens is 603 g/mol. The van der Waals surface area contributed by atoms with Gasteiger partial charge in [0.1, 0.15) is 5.82 Å². The first-order chi connectivity index (χ1) is 21.8. The molecule has 0 unspecified atom stereocenters. The molecular formula is C37H48ClFN4OS. The highest BCUT2D eigenvalue weighted by Crippen LogP contribution is 2.30. The van der Waals surface area contributed by atoms with Crippen molar-refractivity contribution in [1.29, 1.82) is 0 Å². The maximum Gasteiger partial charge on any atom is 0.258 e. The van der Waals surface area contributed by atoms with Crippen molar-refractivity contribution in [3.8, 4) is 11.3 Å². The Bertz CT molecular complexity index is 1490. The average molecular weight is 651 g/mol. The van der Waals surface area contributed by atoms with E-state index in [1.165, 1.54) is 25.3 Å². The zero-order chi connectivity index (χ0) is 33.0.